The summed E-state index contributed by atoms with van der Waals surface area (Å²) in [6.07, 6.45) is 1.61. The van der Waals surface area contributed by atoms with Crippen LogP contribution in [-0.4, -0.2) is 39.4 Å². The highest BCUT2D eigenvalue weighted by atomic mass is 16.5. The van der Waals surface area contributed by atoms with Crippen molar-refractivity contribution in [2.75, 3.05) is 25.2 Å². The molecule has 0 aliphatic carbocycles. The number of nitrogens with zero attached hydrogens (tertiary/aromatic N) is 4. The number of aromatic amines is 1. The van der Waals surface area contributed by atoms with E-state index in [1.165, 1.54) is 13.1 Å². The fourth-order valence-electron chi connectivity index (χ4n) is 3.86. The lowest BCUT2D eigenvalue weighted by atomic mass is 10.1. The van der Waals surface area contributed by atoms with Gasteiger partial charge in [-0.1, -0.05) is 12.1 Å². The Bertz CT molecular complexity index is 1190. The van der Waals surface area contributed by atoms with E-state index >= 15 is 0 Å². The Balaban J connectivity index is 1.87. The number of hydrogen-bond donors (Lipinski definition) is 1. The molecule has 2 aromatic heterocycles. The van der Waals surface area contributed by atoms with E-state index in [0.717, 1.165) is 17.4 Å². The molecule has 1 N–H and O–H groups in total. The van der Waals surface area contributed by atoms with Gasteiger partial charge in [0.1, 0.15) is 11.6 Å². The molecule has 1 aliphatic rings. The van der Waals surface area contributed by atoms with Gasteiger partial charge in [0.2, 0.25) is 0 Å². The first-order valence-electron chi connectivity index (χ1n) is 9.56. The van der Waals surface area contributed by atoms with Gasteiger partial charge in [-0.3, -0.25) is 23.7 Å². The molecule has 1 unspecified atom stereocenters. The van der Waals surface area contributed by atoms with Gasteiger partial charge in [-0.05, 0) is 25.0 Å². The Labute approximate surface area is 166 Å². The van der Waals surface area contributed by atoms with Crippen LogP contribution >= 0.6 is 0 Å². The second kappa shape index (κ2) is 7.67. The van der Waals surface area contributed by atoms with Crippen molar-refractivity contribution < 1.29 is 4.74 Å². The molecule has 1 fully saturated rings. The molecule has 1 aromatic carbocycles. The third-order valence-electron chi connectivity index (χ3n) is 5.40. The highest BCUT2D eigenvalue weighted by Gasteiger charge is 2.31. The molecule has 152 valence electrons. The zero-order valence-electron chi connectivity index (χ0n) is 16.4. The average molecular weight is 397 g/mol. The monoisotopic (exact) mass is 397 g/mol. The Morgan fingerprint density at radius 3 is 2.79 bits per heavy atom. The van der Waals surface area contributed by atoms with Gasteiger partial charge >= 0.3 is 5.69 Å². The predicted molar refractivity (Wildman–Crippen MR) is 110 cm³/mol. The number of anilines is 1. The molecule has 0 spiro atoms. The van der Waals surface area contributed by atoms with E-state index in [1.54, 1.807) is 17.7 Å². The van der Waals surface area contributed by atoms with Crippen LogP contribution in [0.5, 0.6) is 0 Å². The van der Waals surface area contributed by atoms with Crippen LogP contribution in [0.25, 0.3) is 10.9 Å². The lowest BCUT2D eigenvalue weighted by Gasteiger charge is -2.28. The minimum atomic E-state index is -0.471. The SMILES string of the molecule is COCCn1c(C2CCCN2c2cc(=O)n(C)c(=O)[nH]2)nc2ccccc2c1=O. The van der Waals surface area contributed by atoms with E-state index in [9.17, 15) is 14.4 Å². The fraction of sp³-hybridized carbons (Fsp3) is 0.400. The standard InChI is InChI=1S/C20H23N5O4/c1-23-17(26)12-16(22-20(23)28)24-9-5-8-15(24)18-21-14-7-4-3-6-13(14)19(27)25(18)10-11-29-2/h3-4,6-7,12,15H,5,8-11H2,1-2H3,(H,22,28). The van der Waals surface area contributed by atoms with Crippen molar-refractivity contribution in [3.8, 4) is 0 Å². The largest absolute Gasteiger partial charge is 0.383 e. The topological polar surface area (TPSA) is 102 Å². The van der Waals surface area contributed by atoms with Crippen LogP contribution in [0.4, 0.5) is 5.82 Å². The van der Waals surface area contributed by atoms with Crippen LogP contribution in [0.1, 0.15) is 24.7 Å². The minimum Gasteiger partial charge on any atom is -0.383 e. The lowest BCUT2D eigenvalue weighted by Crippen LogP contribution is -2.37. The number of ether oxygens (including phenoxy) is 1. The number of hydrogen-bond acceptors (Lipinski definition) is 6. The summed E-state index contributed by atoms with van der Waals surface area (Å²) in [5.41, 5.74) is -0.337. The van der Waals surface area contributed by atoms with Crippen molar-refractivity contribution in [1.29, 1.82) is 0 Å². The second-order valence-electron chi connectivity index (χ2n) is 7.15. The first kappa shape index (κ1) is 19.1. The first-order valence-corrected chi connectivity index (χ1v) is 9.56. The van der Waals surface area contributed by atoms with E-state index in [2.05, 4.69) is 4.98 Å². The van der Waals surface area contributed by atoms with Crippen molar-refractivity contribution in [2.45, 2.75) is 25.4 Å². The number of benzene rings is 1. The smallest absolute Gasteiger partial charge is 0.329 e. The summed E-state index contributed by atoms with van der Waals surface area (Å²) in [6.45, 7) is 1.41. The first-order chi connectivity index (χ1) is 14.0. The summed E-state index contributed by atoms with van der Waals surface area (Å²) in [5, 5.41) is 0.555. The molecule has 0 bridgehead atoms. The molecular formula is C20H23N5O4. The van der Waals surface area contributed by atoms with Crippen molar-refractivity contribution in [1.82, 2.24) is 19.1 Å². The van der Waals surface area contributed by atoms with Crippen molar-refractivity contribution in [3.63, 3.8) is 0 Å². The summed E-state index contributed by atoms with van der Waals surface area (Å²) >= 11 is 0. The quantitative estimate of drug-likeness (QED) is 0.682. The van der Waals surface area contributed by atoms with Crippen LogP contribution < -0.4 is 21.7 Å². The van der Waals surface area contributed by atoms with E-state index in [-0.39, 0.29) is 17.2 Å². The second-order valence-corrected chi connectivity index (χ2v) is 7.15. The van der Waals surface area contributed by atoms with Gasteiger partial charge in [-0.25, -0.2) is 9.78 Å². The summed E-state index contributed by atoms with van der Waals surface area (Å²) in [6, 6.07) is 8.44. The molecule has 0 radical (unpaired) electrons. The van der Waals surface area contributed by atoms with Gasteiger partial charge < -0.3 is 9.64 Å². The van der Waals surface area contributed by atoms with E-state index < -0.39 is 5.69 Å². The molecule has 3 aromatic rings. The number of rotatable bonds is 5. The zero-order chi connectivity index (χ0) is 20.5. The van der Waals surface area contributed by atoms with Crippen LogP contribution in [0.3, 0.4) is 0 Å². The summed E-state index contributed by atoms with van der Waals surface area (Å²) in [5.74, 6) is 1.06. The Hall–Kier alpha value is -3.20. The van der Waals surface area contributed by atoms with Gasteiger partial charge in [-0.15, -0.1) is 0 Å². The Morgan fingerprint density at radius 2 is 2.03 bits per heavy atom. The summed E-state index contributed by atoms with van der Waals surface area (Å²) in [7, 11) is 3.02. The summed E-state index contributed by atoms with van der Waals surface area (Å²) < 4.78 is 7.87. The third kappa shape index (κ3) is 3.38. The molecular weight excluding hydrogens is 374 g/mol. The van der Waals surface area contributed by atoms with Gasteiger partial charge in [-0.2, -0.15) is 0 Å². The molecule has 4 rings (SSSR count). The number of methoxy groups -OCH3 is 1. The maximum atomic E-state index is 13.1. The summed E-state index contributed by atoms with van der Waals surface area (Å²) in [4.78, 5) is 46.9. The molecule has 9 heteroatoms. The van der Waals surface area contributed by atoms with E-state index in [4.69, 9.17) is 9.72 Å². The minimum absolute atomic E-state index is 0.119. The van der Waals surface area contributed by atoms with Crippen molar-refractivity contribution >= 4 is 16.7 Å². The van der Waals surface area contributed by atoms with Crippen LogP contribution in [0, 0.1) is 0 Å². The van der Waals surface area contributed by atoms with E-state index in [0.29, 0.717) is 42.2 Å². The molecule has 1 atom stereocenters. The Morgan fingerprint density at radius 1 is 1.24 bits per heavy atom. The molecule has 1 saturated heterocycles. The molecule has 9 nitrogen and oxygen atoms in total. The molecule has 1 aliphatic heterocycles. The highest BCUT2D eigenvalue weighted by Crippen LogP contribution is 2.33. The fourth-order valence-corrected chi connectivity index (χ4v) is 3.86. The number of nitrogens with one attached hydrogen (secondary N) is 1. The van der Waals surface area contributed by atoms with Crippen molar-refractivity contribution in [2.24, 2.45) is 7.05 Å². The predicted octanol–water partition coefficient (Wildman–Crippen LogP) is 0.771. The molecule has 0 saturated carbocycles. The third-order valence-corrected chi connectivity index (χ3v) is 5.40. The molecule has 29 heavy (non-hydrogen) atoms. The van der Waals surface area contributed by atoms with E-state index in [1.807, 2.05) is 23.1 Å². The molecule has 3 heterocycles. The highest BCUT2D eigenvalue weighted by molar-refractivity contribution is 5.77. The van der Waals surface area contributed by atoms with Gasteiger partial charge in [0, 0.05) is 26.8 Å². The van der Waals surface area contributed by atoms with Gasteiger partial charge in [0.05, 0.1) is 30.1 Å². The van der Waals surface area contributed by atoms with Crippen LogP contribution in [0.2, 0.25) is 0 Å². The maximum Gasteiger partial charge on any atom is 0.329 e. The number of H-pyrrole nitrogens is 1. The molecule has 0 amide bonds. The van der Waals surface area contributed by atoms with Crippen molar-refractivity contribution in [3.05, 3.63) is 67.3 Å². The average Bonchev–Trinajstić information content (AvgIpc) is 3.20. The van der Waals surface area contributed by atoms with Gasteiger partial charge in [0.15, 0.2) is 0 Å². The number of para-hydroxylation sites is 1. The van der Waals surface area contributed by atoms with Gasteiger partial charge in [0.25, 0.3) is 11.1 Å². The maximum absolute atomic E-state index is 13.1. The number of aromatic nitrogens is 4. The Kier molecular flexibility index (Phi) is 5.06. The number of fused-ring (bicyclic) bond motifs is 1. The zero-order valence-corrected chi connectivity index (χ0v) is 16.4. The lowest BCUT2D eigenvalue weighted by molar-refractivity contribution is 0.184. The normalized spacial score (nSPS) is 16.6. The van der Waals surface area contributed by atoms with Crippen LogP contribution in [0.15, 0.2) is 44.7 Å². The van der Waals surface area contributed by atoms with Crippen LogP contribution in [-0.2, 0) is 18.3 Å².